The Morgan fingerprint density at radius 2 is 1.94 bits per heavy atom. The first-order valence-electron chi connectivity index (χ1n) is 6.02. The molecule has 0 spiro atoms. The third kappa shape index (κ3) is 3.69. The summed E-state index contributed by atoms with van der Waals surface area (Å²) in [5.74, 6) is -0.246. The number of carbonyl (C=O) groups excluding carboxylic acids is 1. The normalized spacial score (nSPS) is 22.2. The van der Waals surface area contributed by atoms with Crippen LogP contribution in [-0.4, -0.2) is 50.2 Å². The molecule has 0 aromatic rings. The van der Waals surface area contributed by atoms with Gasteiger partial charge in [-0.05, 0) is 7.05 Å². The van der Waals surface area contributed by atoms with E-state index in [2.05, 4.69) is 5.32 Å². The van der Waals surface area contributed by atoms with Crippen molar-refractivity contribution in [3.8, 4) is 12.1 Å². The lowest BCUT2D eigenvalue weighted by molar-refractivity contribution is -0.135. The molecule has 6 nitrogen and oxygen atoms in total. The number of ether oxygens (including phenoxy) is 1. The van der Waals surface area contributed by atoms with Gasteiger partial charge in [-0.15, -0.1) is 0 Å². The molecular weight excluding hydrogens is 232 g/mol. The van der Waals surface area contributed by atoms with Crippen LogP contribution in [0.2, 0.25) is 0 Å². The molecule has 0 aromatic carbocycles. The molecule has 1 rings (SSSR count). The van der Waals surface area contributed by atoms with Crippen LogP contribution < -0.4 is 5.32 Å². The molecular formula is C12H18N4O2. The number of nitriles is 2. The van der Waals surface area contributed by atoms with Crippen LogP contribution in [0.5, 0.6) is 0 Å². The summed E-state index contributed by atoms with van der Waals surface area (Å²) in [6, 6.07) is 4.06. The average molecular weight is 250 g/mol. The van der Waals surface area contributed by atoms with Crippen molar-refractivity contribution in [2.75, 3.05) is 33.4 Å². The lowest BCUT2D eigenvalue weighted by Crippen LogP contribution is -2.45. The van der Waals surface area contributed by atoms with Gasteiger partial charge in [-0.1, -0.05) is 0 Å². The zero-order valence-electron chi connectivity index (χ0n) is 10.6. The molecule has 1 fully saturated rings. The lowest BCUT2D eigenvalue weighted by Gasteiger charge is -2.26. The van der Waals surface area contributed by atoms with E-state index in [9.17, 15) is 4.79 Å². The Hall–Kier alpha value is -1.63. The topological polar surface area (TPSA) is 89.2 Å². The van der Waals surface area contributed by atoms with Crippen LogP contribution in [-0.2, 0) is 9.53 Å². The molecule has 0 radical (unpaired) electrons. The van der Waals surface area contributed by atoms with Gasteiger partial charge in [0.1, 0.15) is 0 Å². The monoisotopic (exact) mass is 250 g/mol. The molecule has 1 saturated heterocycles. The van der Waals surface area contributed by atoms with E-state index >= 15 is 0 Å². The second kappa shape index (κ2) is 7.65. The number of hydrogen-bond donors (Lipinski definition) is 1. The van der Waals surface area contributed by atoms with Crippen molar-refractivity contribution in [3.63, 3.8) is 0 Å². The van der Waals surface area contributed by atoms with Crippen molar-refractivity contribution >= 4 is 5.91 Å². The highest BCUT2D eigenvalue weighted by molar-refractivity contribution is 5.80. The number of rotatable bonds is 6. The predicted molar refractivity (Wildman–Crippen MR) is 64.2 cm³/mol. The fraction of sp³-hybridized carbons (Fsp3) is 0.750. The lowest BCUT2D eigenvalue weighted by atomic mass is 10.0. The highest BCUT2D eigenvalue weighted by Gasteiger charge is 2.35. The molecule has 2 unspecified atom stereocenters. The molecule has 18 heavy (non-hydrogen) atoms. The SMILES string of the molecule is CNC1COCC1C(=O)N(CCC#N)CCC#N. The molecule has 1 aliphatic rings. The first-order valence-corrected chi connectivity index (χ1v) is 6.02. The summed E-state index contributed by atoms with van der Waals surface area (Å²) in [6.07, 6.45) is 0.573. The van der Waals surface area contributed by atoms with Gasteiger partial charge in [0.15, 0.2) is 0 Å². The van der Waals surface area contributed by atoms with E-state index in [1.165, 1.54) is 0 Å². The van der Waals surface area contributed by atoms with E-state index in [4.69, 9.17) is 15.3 Å². The second-order valence-electron chi connectivity index (χ2n) is 4.18. The summed E-state index contributed by atoms with van der Waals surface area (Å²) >= 11 is 0. The van der Waals surface area contributed by atoms with Gasteiger partial charge in [0, 0.05) is 19.1 Å². The van der Waals surface area contributed by atoms with Crippen LogP contribution in [0, 0.1) is 28.6 Å². The Balaban J connectivity index is 2.62. The quantitative estimate of drug-likeness (QED) is 0.709. The Labute approximate surface area is 107 Å². The minimum Gasteiger partial charge on any atom is -0.379 e. The number of nitrogens with one attached hydrogen (secondary N) is 1. The number of hydrogen-bond acceptors (Lipinski definition) is 5. The van der Waals surface area contributed by atoms with Crippen molar-refractivity contribution in [2.24, 2.45) is 5.92 Å². The largest absolute Gasteiger partial charge is 0.379 e. The third-order valence-electron chi connectivity index (χ3n) is 3.07. The van der Waals surface area contributed by atoms with E-state index in [-0.39, 0.29) is 30.7 Å². The fourth-order valence-electron chi connectivity index (χ4n) is 2.02. The first-order chi connectivity index (χ1) is 8.74. The van der Waals surface area contributed by atoms with Crippen LogP contribution in [0.4, 0.5) is 0 Å². The first kappa shape index (κ1) is 14.4. The number of carbonyl (C=O) groups is 1. The van der Waals surface area contributed by atoms with Crippen molar-refractivity contribution < 1.29 is 9.53 Å². The molecule has 1 amide bonds. The molecule has 0 aliphatic carbocycles. The van der Waals surface area contributed by atoms with Gasteiger partial charge in [0.25, 0.3) is 0 Å². The molecule has 2 atom stereocenters. The standard InChI is InChI=1S/C12H18N4O2/c1-15-11-9-18-8-10(11)12(17)16(6-2-4-13)7-3-5-14/h10-11,15H,2-3,6-9H2,1H3. The van der Waals surface area contributed by atoms with E-state index in [0.717, 1.165) is 0 Å². The van der Waals surface area contributed by atoms with Crippen molar-refractivity contribution in [1.82, 2.24) is 10.2 Å². The highest BCUT2D eigenvalue weighted by Crippen LogP contribution is 2.17. The van der Waals surface area contributed by atoms with Crippen molar-refractivity contribution in [2.45, 2.75) is 18.9 Å². The number of likely N-dealkylation sites (N-methyl/N-ethyl adjacent to an activating group) is 1. The van der Waals surface area contributed by atoms with Crippen LogP contribution in [0.25, 0.3) is 0 Å². The summed E-state index contributed by atoms with van der Waals surface area (Å²) in [7, 11) is 1.80. The molecule has 1 N–H and O–H groups in total. The van der Waals surface area contributed by atoms with Crippen LogP contribution >= 0.6 is 0 Å². The van der Waals surface area contributed by atoms with Gasteiger partial charge < -0.3 is 15.0 Å². The van der Waals surface area contributed by atoms with Gasteiger partial charge in [-0.2, -0.15) is 10.5 Å². The van der Waals surface area contributed by atoms with E-state index in [1.807, 2.05) is 12.1 Å². The minimum absolute atomic E-state index is 0.0178. The van der Waals surface area contributed by atoms with Gasteiger partial charge in [-0.25, -0.2) is 0 Å². The Morgan fingerprint density at radius 3 is 2.44 bits per heavy atom. The van der Waals surface area contributed by atoms with E-state index in [0.29, 0.717) is 26.3 Å². The van der Waals surface area contributed by atoms with Crippen molar-refractivity contribution in [1.29, 1.82) is 10.5 Å². The summed E-state index contributed by atoms with van der Waals surface area (Å²) in [5.41, 5.74) is 0. The Morgan fingerprint density at radius 1 is 1.33 bits per heavy atom. The summed E-state index contributed by atoms with van der Waals surface area (Å²) in [4.78, 5) is 13.9. The number of nitrogens with zero attached hydrogens (tertiary/aromatic N) is 3. The molecule has 0 saturated carbocycles. The fourth-order valence-corrected chi connectivity index (χ4v) is 2.02. The maximum atomic E-state index is 12.3. The molecule has 0 bridgehead atoms. The maximum Gasteiger partial charge on any atom is 0.229 e. The molecule has 1 aliphatic heterocycles. The van der Waals surface area contributed by atoms with Gasteiger partial charge in [0.2, 0.25) is 5.91 Å². The minimum atomic E-state index is -0.215. The Bertz CT molecular complexity index is 340. The molecule has 6 heteroatoms. The third-order valence-corrected chi connectivity index (χ3v) is 3.07. The van der Waals surface area contributed by atoms with Gasteiger partial charge in [-0.3, -0.25) is 4.79 Å². The van der Waals surface area contributed by atoms with Crippen molar-refractivity contribution in [3.05, 3.63) is 0 Å². The zero-order valence-corrected chi connectivity index (χ0v) is 10.6. The Kier molecular flexibility index (Phi) is 6.13. The summed E-state index contributed by atoms with van der Waals surface area (Å²) in [5, 5.41) is 20.3. The molecule has 98 valence electrons. The summed E-state index contributed by atoms with van der Waals surface area (Å²) < 4.78 is 5.30. The molecule has 0 aromatic heterocycles. The predicted octanol–water partition coefficient (Wildman–Crippen LogP) is -0.123. The second-order valence-corrected chi connectivity index (χ2v) is 4.18. The smallest absolute Gasteiger partial charge is 0.229 e. The van der Waals surface area contributed by atoms with E-state index in [1.54, 1.807) is 11.9 Å². The zero-order chi connectivity index (χ0) is 13.4. The van der Waals surface area contributed by atoms with E-state index < -0.39 is 0 Å². The maximum absolute atomic E-state index is 12.3. The van der Waals surface area contributed by atoms with Gasteiger partial charge in [0.05, 0.1) is 44.1 Å². The van der Waals surface area contributed by atoms with Gasteiger partial charge >= 0.3 is 0 Å². The number of amides is 1. The summed E-state index contributed by atoms with van der Waals surface area (Å²) in [6.45, 7) is 1.69. The van der Waals surface area contributed by atoms with Crippen LogP contribution in [0.3, 0.4) is 0 Å². The average Bonchev–Trinajstić information content (AvgIpc) is 2.86. The van der Waals surface area contributed by atoms with Crippen LogP contribution in [0.15, 0.2) is 0 Å². The van der Waals surface area contributed by atoms with Crippen LogP contribution in [0.1, 0.15) is 12.8 Å². The highest BCUT2D eigenvalue weighted by atomic mass is 16.5. The molecule has 1 heterocycles.